The van der Waals surface area contributed by atoms with Crippen LogP contribution in [-0.2, 0) is 0 Å². The average Bonchev–Trinajstić information content (AvgIpc) is 2.17. The molecular weight excluding hydrogens is 168 g/mol. The van der Waals surface area contributed by atoms with E-state index in [0.717, 1.165) is 32.2 Å². The van der Waals surface area contributed by atoms with Crippen LogP contribution in [0.5, 0.6) is 0 Å². The van der Waals surface area contributed by atoms with Crippen molar-refractivity contribution >= 4 is 6.09 Å². The highest BCUT2D eigenvalue weighted by atomic mass is 16.4. The van der Waals surface area contributed by atoms with Crippen molar-refractivity contribution in [3.63, 3.8) is 0 Å². The first-order valence-electron chi connectivity index (χ1n) is 4.81. The predicted molar refractivity (Wildman–Crippen MR) is 50.6 cm³/mol. The van der Waals surface area contributed by atoms with Crippen molar-refractivity contribution in [3.05, 3.63) is 0 Å². The molecule has 0 saturated heterocycles. The van der Waals surface area contributed by atoms with E-state index in [0.29, 0.717) is 5.92 Å². The summed E-state index contributed by atoms with van der Waals surface area (Å²) in [6.07, 6.45) is 3.24. The van der Waals surface area contributed by atoms with Crippen LogP contribution >= 0.6 is 0 Å². The summed E-state index contributed by atoms with van der Waals surface area (Å²) in [5.74, 6) is 0.610. The van der Waals surface area contributed by atoms with Crippen LogP contribution in [0, 0.1) is 5.92 Å². The molecule has 0 aromatic rings. The Morgan fingerprint density at radius 1 is 1.46 bits per heavy atom. The summed E-state index contributed by atoms with van der Waals surface area (Å²) in [5.41, 5.74) is 5.55. The molecule has 0 bridgehead atoms. The van der Waals surface area contributed by atoms with Crippen LogP contribution < -0.4 is 5.73 Å². The summed E-state index contributed by atoms with van der Waals surface area (Å²) < 4.78 is 0. The average molecular weight is 186 g/mol. The van der Waals surface area contributed by atoms with E-state index >= 15 is 0 Å². The Hall–Kier alpha value is -0.770. The summed E-state index contributed by atoms with van der Waals surface area (Å²) in [4.78, 5) is 12.1. The maximum absolute atomic E-state index is 10.7. The lowest BCUT2D eigenvalue weighted by molar-refractivity contribution is 0.119. The number of rotatable bonds is 2. The van der Waals surface area contributed by atoms with Crippen LogP contribution in [0.4, 0.5) is 4.79 Å². The molecule has 13 heavy (non-hydrogen) atoms. The summed E-state index contributed by atoms with van der Waals surface area (Å²) in [5, 5.41) is 8.76. The Morgan fingerprint density at radius 2 is 2.00 bits per heavy atom. The molecule has 3 N–H and O–H groups in total. The van der Waals surface area contributed by atoms with Gasteiger partial charge in [0.05, 0.1) is 0 Å². The van der Waals surface area contributed by atoms with Crippen molar-refractivity contribution in [3.8, 4) is 0 Å². The Labute approximate surface area is 78.7 Å². The highest BCUT2D eigenvalue weighted by molar-refractivity contribution is 5.64. The van der Waals surface area contributed by atoms with Gasteiger partial charge in [0.1, 0.15) is 0 Å². The van der Waals surface area contributed by atoms with E-state index < -0.39 is 6.09 Å². The molecular formula is C9H18N2O2. The monoisotopic (exact) mass is 186 g/mol. The second-order valence-corrected chi connectivity index (χ2v) is 3.80. The van der Waals surface area contributed by atoms with Crippen molar-refractivity contribution in [2.45, 2.75) is 31.7 Å². The van der Waals surface area contributed by atoms with Gasteiger partial charge in [0, 0.05) is 13.1 Å². The van der Waals surface area contributed by atoms with Gasteiger partial charge in [-0.3, -0.25) is 0 Å². The molecule has 76 valence electrons. The second-order valence-electron chi connectivity index (χ2n) is 3.80. The fourth-order valence-electron chi connectivity index (χ4n) is 1.92. The van der Waals surface area contributed by atoms with Gasteiger partial charge in [0.15, 0.2) is 0 Å². The second kappa shape index (κ2) is 4.46. The summed E-state index contributed by atoms with van der Waals surface area (Å²) in [6, 6.07) is 0.209. The summed E-state index contributed by atoms with van der Waals surface area (Å²) in [6.45, 7) is 0.740. The molecule has 4 heteroatoms. The summed E-state index contributed by atoms with van der Waals surface area (Å²) >= 11 is 0. The third-order valence-corrected chi connectivity index (χ3v) is 3.00. The Bertz CT molecular complexity index is 176. The zero-order chi connectivity index (χ0) is 9.84. The predicted octanol–water partition coefficient (Wildman–Crippen LogP) is 1.11. The minimum Gasteiger partial charge on any atom is -0.465 e. The molecule has 1 aliphatic rings. The third kappa shape index (κ3) is 2.59. The molecule has 0 aromatic carbocycles. The molecule has 1 aliphatic carbocycles. The number of nitrogens with zero attached hydrogens (tertiary/aromatic N) is 1. The molecule has 4 nitrogen and oxygen atoms in total. The van der Waals surface area contributed by atoms with Gasteiger partial charge in [-0.25, -0.2) is 4.79 Å². The molecule has 0 unspecified atom stereocenters. The standard InChI is InChI=1S/C9H18N2O2/c1-11(9(12)13)8-4-2-7(6-10)3-5-8/h7-8H,2-6,10H2,1H3,(H,12,13)/t7-,8-. The molecule has 0 spiro atoms. The van der Waals surface area contributed by atoms with Crippen LogP contribution in [-0.4, -0.2) is 35.7 Å². The first-order valence-corrected chi connectivity index (χ1v) is 4.81. The molecule has 0 heterocycles. The molecule has 1 rings (SSSR count). The fraction of sp³-hybridized carbons (Fsp3) is 0.889. The fourth-order valence-corrected chi connectivity index (χ4v) is 1.92. The van der Waals surface area contributed by atoms with Crippen LogP contribution in [0.15, 0.2) is 0 Å². The van der Waals surface area contributed by atoms with Gasteiger partial charge >= 0.3 is 6.09 Å². The molecule has 0 radical (unpaired) electrons. The lowest BCUT2D eigenvalue weighted by Gasteiger charge is -2.32. The minimum absolute atomic E-state index is 0.209. The topological polar surface area (TPSA) is 66.6 Å². The van der Waals surface area contributed by atoms with E-state index in [4.69, 9.17) is 10.8 Å². The maximum Gasteiger partial charge on any atom is 0.407 e. The Morgan fingerprint density at radius 3 is 2.38 bits per heavy atom. The molecule has 1 saturated carbocycles. The van der Waals surface area contributed by atoms with Crippen molar-refractivity contribution in [2.75, 3.05) is 13.6 Å². The van der Waals surface area contributed by atoms with E-state index in [2.05, 4.69) is 0 Å². The van der Waals surface area contributed by atoms with Gasteiger partial charge < -0.3 is 15.7 Å². The van der Waals surface area contributed by atoms with Crippen LogP contribution in [0.3, 0.4) is 0 Å². The molecule has 1 amide bonds. The van der Waals surface area contributed by atoms with E-state index in [1.807, 2.05) is 0 Å². The first kappa shape index (κ1) is 10.3. The van der Waals surface area contributed by atoms with Crippen molar-refractivity contribution in [1.82, 2.24) is 4.90 Å². The highest BCUT2D eigenvalue weighted by Crippen LogP contribution is 2.26. The summed E-state index contributed by atoms with van der Waals surface area (Å²) in [7, 11) is 1.65. The SMILES string of the molecule is CN(C(=O)O)[C@H]1CC[C@H](CN)CC1. The lowest BCUT2D eigenvalue weighted by atomic mass is 9.86. The molecule has 0 aromatic heterocycles. The zero-order valence-electron chi connectivity index (χ0n) is 8.07. The van der Waals surface area contributed by atoms with Gasteiger partial charge in [-0.1, -0.05) is 0 Å². The quantitative estimate of drug-likeness (QED) is 0.679. The van der Waals surface area contributed by atoms with Gasteiger partial charge in [-0.2, -0.15) is 0 Å². The van der Waals surface area contributed by atoms with Gasteiger partial charge in [-0.15, -0.1) is 0 Å². The molecule has 0 atom stereocenters. The Balaban J connectivity index is 2.36. The first-order chi connectivity index (χ1) is 6.15. The van der Waals surface area contributed by atoms with E-state index in [-0.39, 0.29) is 6.04 Å². The highest BCUT2D eigenvalue weighted by Gasteiger charge is 2.25. The van der Waals surface area contributed by atoms with Crippen molar-refractivity contribution in [1.29, 1.82) is 0 Å². The zero-order valence-corrected chi connectivity index (χ0v) is 8.07. The number of nitrogens with two attached hydrogens (primary N) is 1. The lowest BCUT2D eigenvalue weighted by Crippen LogP contribution is -2.39. The molecule has 0 aliphatic heterocycles. The normalized spacial score (nSPS) is 28.5. The third-order valence-electron chi connectivity index (χ3n) is 3.00. The van der Waals surface area contributed by atoms with Gasteiger partial charge in [0.25, 0.3) is 0 Å². The van der Waals surface area contributed by atoms with Gasteiger partial charge in [-0.05, 0) is 38.1 Å². The van der Waals surface area contributed by atoms with Crippen LogP contribution in [0.1, 0.15) is 25.7 Å². The van der Waals surface area contributed by atoms with Gasteiger partial charge in [0.2, 0.25) is 0 Å². The number of hydrogen-bond acceptors (Lipinski definition) is 2. The number of hydrogen-bond donors (Lipinski definition) is 2. The van der Waals surface area contributed by atoms with E-state index in [1.54, 1.807) is 7.05 Å². The van der Waals surface area contributed by atoms with Crippen LogP contribution in [0.2, 0.25) is 0 Å². The van der Waals surface area contributed by atoms with E-state index in [1.165, 1.54) is 4.90 Å². The maximum atomic E-state index is 10.7. The number of carboxylic acid groups (broad SMARTS) is 1. The Kier molecular flexibility index (Phi) is 3.54. The van der Waals surface area contributed by atoms with Crippen molar-refractivity contribution < 1.29 is 9.90 Å². The minimum atomic E-state index is -0.823. The van der Waals surface area contributed by atoms with E-state index in [9.17, 15) is 4.79 Å². The van der Waals surface area contributed by atoms with Crippen LogP contribution in [0.25, 0.3) is 0 Å². The van der Waals surface area contributed by atoms with Crippen molar-refractivity contribution in [2.24, 2.45) is 11.7 Å². The molecule has 1 fully saturated rings. The number of carbonyl (C=O) groups is 1. The smallest absolute Gasteiger partial charge is 0.407 e. The largest absolute Gasteiger partial charge is 0.465 e. The number of amides is 1.